The molecule has 0 bridgehead atoms. The Morgan fingerprint density at radius 2 is 2.12 bits per heavy atom. The number of hydrogen-bond donors (Lipinski definition) is 3. The molecule has 0 aliphatic rings. The van der Waals surface area contributed by atoms with Crippen LogP contribution in [-0.4, -0.2) is 30.4 Å². The highest BCUT2D eigenvalue weighted by Gasteiger charge is 2.07. The second-order valence-electron chi connectivity index (χ2n) is 3.77. The summed E-state index contributed by atoms with van der Waals surface area (Å²) < 4.78 is 5.56. The molecular formula is C12H18N2O3. The van der Waals surface area contributed by atoms with Crippen LogP contribution < -0.4 is 15.4 Å². The molecule has 5 heteroatoms. The average Bonchev–Trinajstić information content (AvgIpc) is 2.28. The zero-order valence-electron chi connectivity index (χ0n) is 10.1. The predicted octanol–water partition coefficient (Wildman–Crippen LogP) is 1.59. The van der Waals surface area contributed by atoms with Crippen LogP contribution in [0.3, 0.4) is 0 Å². The van der Waals surface area contributed by atoms with Crippen molar-refractivity contribution in [3.8, 4) is 5.75 Å². The number of aliphatic hydroxyl groups excluding tert-OH is 1. The fourth-order valence-corrected chi connectivity index (χ4v) is 1.26. The largest absolute Gasteiger partial charge is 0.489 e. The van der Waals surface area contributed by atoms with Gasteiger partial charge in [0, 0.05) is 6.54 Å². The van der Waals surface area contributed by atoms with Gasteiger partial charge in [-0.3, -0.25) is 0 Å². The first-order chi connectivity index (χ1) is 8.13. The van der Waals surface area contributed by atoms with Crippen LogP contribution in [0.15, 0.2) is 24.3 Å². The Balaban J connectivity index is 2.66. The molecule has 17 heavy (non-hydrogen) atoms. The summed E-state index contributed by atoms with van der Waals surface area (Å²) in [6, 6.07) is 6.85. The number of amides is 2. The number of urea groups is 1. The molecule has 0 radical (unpaired) electrons. The molecule has 0 spiro atoms. The molecule has 1 rings (SSSR count). The number of aliphatic hydroxyl groups is 1. The minimum absolute atomic E-state index is 0.0402. The summed E-state index contributed by atoms with van der Waals surface area (Å²) in [5.41, 5.74) is 0.608. The van der Waals surface area contributed by atoms with E-state index in [2.05, 4.69) is 10.6 Å². The van der Waals surface area contributed by atoms with Gasteiger partial charge >= 0.3 is 6.03 Å². The van der Waals surface area contributed by atoms with E-state index in [1.54, 1.807) is 12.1 Å². The first-order valence-electron chi connectivity index (χ1n) is 5.55. The van der Waals surface area contributed by atoms with Crippen molar-refractivity contribution in [2.45, 2.75) is 20.0 Å². The standard InChI is InChI=1S/C12H18N2O3/c1-9(2)17-11-6-4-3-5-10(11)14-12(16)13-7-8-15/h3-6,9,15H,7-8H2,1-2H3,(H2,13,14,16). The van der Waals surface area contributed by atoms with Crippen molar-refractivity contribution in [3.05, 3.63) is 24.3 Å². The van der Waals surface area contributed by atoms with E-state index in [0.717, 1.165) is 0 Å². The summed E-state index contributed by atoms with van der Waals surface area (Å²) in [6.07, 6.45) is 0.0402. The third-order valence-electron chi connectivity index (χ3n) is 1.90. The molecule has 1 aromatic carbocycles. The van der Waals surface area contributed by atoms with Crippen LogP contribution in [0.4, 0.5) is 10.5 Å². The molecule has 2 amide bonds. The van der Waals surface area contributed by atoms with Gasteiger partial charge in [-0.25, -0.2) is 4.79 Å². The lowest BCUT2D eigenvalue weighted by Crippen LogP contribution is -2.31. The van der Waals surface area contributed by atoms with Crippen molar-refractivity contribution in [1.82, 2.24) is 5.32 Å². The lowest BCUT2D eigenvalue weighted by Gasteiger charge is -2.14. The topological polar surface area (TPSA) is 70.6 Å². The minimum Gasteiger partial charge on any atom is -0.489 e. The van der Waals surface area contributed by atoms with Gasteiger partial charge in [-0.15, -0.1) is 0 Å². The molecule has 0 aliphatic carbocycles. The fraction of sp³-hybridized carbons (Fsp3) is 0.417. The highest BCUT2D eigenvalue weighted by Crippen LogP contribution is 2.24. The second-order valence-corrected chi connectivity index (χ2v) is 3.77. The number of rotatable bonds is 5. The smallest absolute Gasteiger partial charge is 0.319 e. The Labute approximate surface area is 101 Å². The molecule has 3 N–H and O–H groups in total. The molecule has 0 aliphatic heterocycles. The fourth-order valence-electron chi connectivity index (χ4n) is 1.26. The van der Waals surface area contributed by atoms with E-state index in [0.29, 0.717) is 11.4 Å². The van der Waals surface area contributed by atoms with Crippen molar-refractivity contribution in [2.24, 2.45) is 0 Å². The summed E-state index contributed by atoms with van der Waals surface area (Å²) in [4.78, 5) is 11.4. The first kappa shape index (κ1) is 13.3. The molecule has 0 heterocycles. The van der Waals surface area contributed by atoms with Crippen LogP contribution in [-0.2, 0) is 0 Å². The quantitative estimate of drug-likeness (QED) is 0.729. The number of nitrogens with one attached hydrogen (secondary N) is 2. The zero-order valence-corrected chi connectivity index (χ0v) is 10.1. The number of carbonyl (C=O) groups excluding carboxylic acids is 1. The average molecular weight is 238 g/mol. The number of carbonyl (C=O) groups is 1. The molecule has 5 nitrogen and oxygen atoms in total. The molecule has 0 fully saturated rings. The molecule has 0 unspecified atom stereocenters. The third-order valence-corrected chi connectivity index (χ3v) is 1.90. The monoisotopic (exact) mass is 238 g/mol. The van der Waals surface area contributed by atoms with Gasteiger partial charge in [0.05, 0.1) is 18.4 Å². The minimum atomic E-state index is -0.362. The third kappa shape index (κ3) is 4.74. The van der Waals surface area contributed by atoms with E-state index in [9.17, 15) is 4.79 Å². The Morgan fingerprint density at radius 3 is 2.76 bits per heavy atom. The number of anilines is 1. The zero-order chi connectivity index (χ0) is 12.7. The predicted molar refractivity (Wildman–Crippen MR) is 66.3 cm³/mol. The molecule has 94 valence electrons. The highest BCUT2D eigenvalue weighted by atomic mass is 16.5. The van der Waals surface area contributed by atoms with Crippen LogP contribution in [0.25, 0.3) is 0 Å². The SMILES string of the molecule is CC(C)Oc1ccccc1NC(=O)NCCO. The molecule has 0 aromatic heterocycles. The van der Waals surface area contributed by atoms with Crippen molar-refractivity contribution in [2.75, 3.05) is 18.5 Å². The maximum atomic E-state index is 11.4. The summed E-state index contributed by atoms with van der Waals surface area (Å²) >= 11 is 0. The van der Waals surface area contributed by atoms with Gasteiger partial charge in [0.25, 0.3) is 0 Å². The van der Waals surface area contributed by atoms with Gasteiger partial charge in [-0.1, -0.05) is 12.1 Å². The normalized spacial score (nSPS) is 10.1. The van der Waals surface area contributed by atoms with Gasteiger partial charge in [0.1, 0.15) is 5.75 Å². The van der Waals surface area contributed by atoms with E-state index in [-0.39, 0.29) is 25.3 Å². The van der Waals surface area contributed by atoms with Crippen molar-refractivity contribution in [1.29, 1.82) is 0 Å². The van der Waals surface area contributed by atoms with E-state index in [1.165, 1.54) is 0 Å². The van der Waals surface area contributed by atoms with E-state index in [4.69, 9.17) is 9.84 Å². The van der Waals surface area contributed by atoms with E-state index >= 15 is 0 Å². The molecule has 0 atom stereocenters. The lowest BCUT2D eigenvalue weighted by atomic mass is 10.3. The number of para-hydroxylation sites is 2. The summed E-state index contributed by atoms with van der Waals surface area (Å²) in [7, 11) is 0. The van der Waals surface area contributed by atoms with Gasteiger partial charge < -0.3 is 20.5 Å². The Kier molecular flexibility index (Phi) is 5.29. The van der Waals surface area contributed by atoms with Crippen molar-refractivity contribution < 1.29 is 14.6 Å². The van der Waals surface area contributed by atoms with Gasteiger partial charge in [0.2, 0.25) is 0 Å². The Hall–Kier alpha value is -1.75. The lowest BCUT2D eigenvalue weighted by molar-refractivity contribution is 0.240. The molecular weight excluding hydrogens is 220 g/mol. The van der Waals surface area contributed by atoms with Gasteiger partial charge in [0.15, 0.2) is 0 Å². The maximum absolute atomic E-state index is 11.4. The highest BCUT2D eigenvalue weighted by molar-refractivity contribution is 5.90. The molecule has 0 saturated heterocycles. The Morgan fingerprint density at radius 1 is 1.41 bits per heavy atom. The first-order valence-corrected chi connectivity index (χ1v) is 5.55. The van der Waals surface area contributed by atoms with Crippen molar-refractivity contribution >= 4 is 11.7 Å². The Bertz CT molecular complexity index is 367. The number of benzene rings is 1. The van der Waals surface area contributed by atoms with Crippen LogP contribution in [0.2, 0.25) is 0 Å². The van der Waals surface area contributed by atoms with E-state index < -0.39 is 0 Å². The van der Waals surface area contributed by atoms with Crippen LogP contribution in [0.5, 0.6) is 5.75 Å². The van der Waals surface area contributed by atoms with Gasteiger partial charge in [-0.2, -0.15) is 0 Å². The van der Waals surface area contributed by atoms with Crippen molar-refractivity contribution in [3.63, 3.8) is 0 Å². The summed E-state index contributed by atoms with van der Waals surface area (Å²) in [5.74, 6) is 0.627. The summed E-state index contributed by atoms with van der Waals surface area (Å²) in [5, 5.41) is 13.8. The van der Waals surface area contributed by atoms with Crippen LogP contribution in [0, 0.1) is 0 Å². The second kappa shape index (κ2) is 6.75. The summed E-state index contributed by atoms with van der Waals surface area (Å²) in [6.45, 7) is 3.97. The van der Waals surface area contributed by atoms with Crippen LogP contribution in [0.1, 0.15) is 13.8 Å². The van der Waals surface area contributed by atoms with E-state index in [1.807, 2.05) is 26.0 Å². The van der Waals surface area contributed by atoms with Gasteiger partial charge in [-0.05, 0) is 26.0 Å². The number of hydrogen-bond acceptors (Lipinski definition) is 3. The number of ether oxygens (including phenoxy) is 1. The maximum Gasteiger partial charge on any atom is 0.319 e. The molecule has 1 aromatic rings. The molecule has 0 saturated carbocycles. The van der Waals surface area contributed by atoms with Crippen LogP contribution >= 0.6 is 0 Å².